The van der Waals surface area contributed by atoms with Crippen molar-refractivity contribution in [3.8, 4) is 0 Å². The predicted octanol–water partition coefficient (Wildman–Crippen LogP) is 2.01. The molecule has 0 saturated carbocycles. The van der Waals surface area contributed by atoms with Crippen molar-refractivity contribution >= 4 is 21.6 Å². The van der Waals surface area contributed by atoms with Crippen molar-refractivity contribution in [1.29, 1.82) is 0 Å². The Kier molecular flexibility index (Phi) is 7.27. The number of nitrogens with zero attached hydrogens (tertiary/aromatic N) is 1. The van der Waals surface area contributed by atoms with Gasteiger partial charge in [0.15, 0.2) is 0 Å². The fourth-order valence-corrected chi connectivity index (χ4v) is 2.11. The topological polar surface area (TPSA) is 47.7 Å². The van der Waals surface area contributed by atoms with Gasteiger partial charge in [0.1, 0.15) is 0 Å². The molecule has 0 aliphatic carbocycles. The lowest BCUT2D eigenvalue weighted by molar-refractivity contribution is 0.190. The highest BCUT2D eigenvalue weighted by Crippen LogP contribution is 2.24. The molecule has 1 rings (SSSR count). The minimum atomic E-state index is 0.527. The zero-order valence-electron chi connectivity index (χ0n) is 11.0. The smallest absolute Gasteiger partial charge is 0.0637 e. The maximum Gasteiger partial charge on any atom is 0.0637 e. The summed E-state index contributed by atoms with van der Waals surface area (Å²) in [4.78, 5) is 2.24. The van der Waals surface area contributed by atoms with Crippen LogP contribution in [-0.4, -0.2) is 40.5 Å². The average molecular weight is 317 g/mol. The molecule has 0 atom stereocenters. The summed E-state index contributed by atoms with van der Waals surface area (Å²) in [6.45, 7) is 3.53. The van der Waals surface area contributed by atoms with Gasteiger partial charge in [0, 0.05) is 44.0 Å². The third-order valence-electron chi connectivity index (χ3n) is 2.74. The Morgan fingerprint density at radius 2 is 1.78 bits per heavy atom. The highest BCUT2D eigenvalue weighted by molar-refractivity contribution is 9.10. The van der Waals surface area contributed by atoms with E-state index in [9.17, 15) is 0 Å². The molecule has 0 amide bonds. The number of halogens is 1. The summed E-state index contributed by atoms with van der Waals surface area (Å²) in [5.74, 6) is 0. The van der Waals surface area contributed by atoms with E-state index >= 15 is 0 Å². The lowest BCUT2D eigenvalue weighted by atomic mass is 10.1. The first-order valence-electron chi connectivity index (χ1n) is 5.94. The molecule has 0 radical (unpaired) electrons. The number of hydrogen-bond acceptors (Lipinski definition) is 4. The summed E-state index contributed by atoms with van der Waals surface area (Å²) in [7, 11) is 3.42. The van der Waals surface area contributed by atoms with E-state index in [1.54, 1.807) is 14.2 Å². The highest BCUT2D eigenvalue weighted by Gasteiger charge is 2.11. The van der Waals surface area contributed by atoms with E-state index in [2.05, 4.69) is 26.9 Å². The zero-order chi connectivity index (χ0) is 13.4. The zero-order valence-corrected chi connectivity index (χ0v) is 12.6. The number of rotatable bonds is 8. The van der Waals surface area contributed by atoms with Gasteiger partial charge in [-0.2, -0.15) is 0 Å². The van der Waals surface area contributed by atoms with Gasteiger partial charge in [-0.25, -0.2) is 0 Å². The van der Waals surface area contributed by atoms with Crippen LogP contribution in [0.2, 0.25) is 0 Å². The predicted molar refractivity (Wildman–Crippen MR) is 78.0 cm³/mol. The van der Waals surface area contributed by atoms with Crippen LogP contribution in [-0.2, 0) is 16.0 Å². The Bertz CT molecular complexity index is 353. The van der Waals surface area contributed by atoms with Gasteiger partial charge in [-0.05, 0) is 17.7 Å². The second-order valence-electron chi connectivity index (χ2n) is 3.95. The van der Waals surface area contributed by atoms with Crippen molar-refractivity contribution in [1.82, 2.24) is 0 Å². The Hall–Kier alpha value is -0.620. The molecule has 2 N–H and O–H groups in total. The van der Waals surface area contributed by atoms with Crippen LogP contribution in [0, 0.1) is 0 Å². The summed E-state index contributed by atoms with van der Waals surface area (Å²) < 4.78 is 11.4. The summed E-state index contributed by atoms with van der Waals surface area (Å²) in [6, 6.07) is 6.15. The molecular weight excluding hydrogens is 296 g/mol. The van der Waals surface area contributed by atoms with Crippen LogP contribution in [0.3, 0.4) is 0 Å². The minimum Gasteiger partial charge on any atom is -0.383 e. The summed E-state index contributed by atoms with van der Waals surface area (Å²) in [6.07, 6.45) is 0. The van der Waals surface area contributed by atoms with Gasteiger partial charge < -0.3 is 20.1 Å². The van der Waals surface area contributed by atoms with E-state index < -0.39 is 0 Å². The second-order valence-corrected chi connectivity index (χ2v) is 4.87. The van der Waals surface area contributed by atoms with Crippen molar-refractivity contribution in [2.24, 2.45) is 5.73 Å². The van der Waals surface area contributed by atoms with Crippen molar-refractivity contribution in [2.45, 2.75) is 6.54 Å². The minimum absolute atomic E-state index is 0.527. The van der Waals surface area contributed by atoms with Crippen LogP contribution in [0.25, 0.3) is 0 Å². The van der Waals surface area contributed by atoms with E-state index in [1.165, 1.54) is 0 Å². The second kappa shape index (κ2) is 8.48. The van der Waals surface area contributed by atoms with Crippen LogP contribution in [0.4, 0.5) is 5.69 Å². The number of ether oxygens (including phenoxy) is 2. The Balaban J connectivity index is 2.90. The largest absolute Gasteiger partial charge is 0.383 e. The monoisotopic (exact) mass is 316 g/mol. The lowest BCUT2D eigenvalue weighted by Crippen LogP contribution is -2.31. The van der Waals surface area contributed by atoms with Crippen LogP contribution in [0.5, 0.6) is 0 Å². The van der Waals surface area contributed by atoms with Gasteiger partial charge in [0.05, 0.1) is 13.2 Å². The fraction of sp³-hybridized carbons (Fsp3) is 0.538. The molecule has 0 fully saturated rings. The molecule has 0 spiro atoms. The van der Waals surface area contributed by atoms with E-state index in [0.29, 0.717) is 19.8 Å². The van der Waals surface area contributed by atoms with Crippen molar-refractivity contribution in [3.63, 3.8) is 0 Å². The number of methoxy groups -OCH3 is 2. The molecule has 4 nitrogen and oxygen atoms in total. The van der Waals surface area contributed by atoms with Gasteiger partial charge in [0.25, 0.3) is 0 Å². The van der Waals surface area contributed by atoms with Crippen LogP contribution < -0.4 is 10.6 Å². The Morgan fingerprint density at radius 1 is 1.17 bits per heavy atom. The van der Waals surface area contributed by atoms with Gasteiger partial charge in [0.2, 0.25) is 0 Å². The normalized spacial score (nSPS) is 10.7. The van der Waals surface area contributed by atoms with Crippen LogP contribution in [0.1, 0.15) is 5.56 Å². The average Bonchev–Trinajstić information content (AvgIpc) is 2.39. The van der Waals surface area contributed by atoms with Crippen LogP contribution >= 0.6 is 15.9 Å². The Labute approximate surface area is 117 Å². The number of benzene rings is 1. The molecular formula is C13H21BrN2O2. The number of anilines is 1. The maximum absolute atomic E-state index is 5.79. The standard InChI is InChI=1S/C13H21BrN2O2/c1-17-7-5-16(6-8-18-2)13-9-12(14)4-3-11(13)10-15/h3-4,9H,5-8,10,15H2,1-2H3. The molecule has 1 aromatic rings. The molecule has 5 heteroatoms. The maximum atomic E-state index is 5.79. The molecule has 0 saturated heterocycles. The summed E-state index contributed by atoms with van der Waals surface area (Å²) in [5, 5.41) is 0. The van der Waals surface area contributed by atoms with Gasteiger partial charge in [-0.15, -0.1) is 0 Å². The molecule has 0 aliphatic rings. The Morgan fingerprint density at radius 3 is 2.28 bits per heavy atom. The van der Waals surface area contributed by atoms with Crippen molar-refractivity contribution in [3.05, 3.63) is 28.2 Å². The molecule has 0 aliphatic heterocycles. The molecule has 0 heterocycles. The lowest BCUT2D eigenvalue weighted by Gasteiger charge is -2.26. The number of hydrogen-bond donors (Lipinski definition) is 1. The third-order valence-corrected chi connectivity index (χ3v) is 3.23. The molecule has 102 valence electrons. The summed E-state index contributed by atoms with van der Waals surface area (Å²) in [5.41, 5.74) is 8.06. The van der Waals surface area contributed by atoms with E-state index in [1.807, 2.05) is 12.1 Å². The SMILES string of the molecule is COCCN(CCOC)c1cc(Br)ccc1CN. The third kappa shape index (κ3) is 4.57. The number of nitrogens with two attached hydrogens (primary N) is 1. The first kappa shape index (κ1) is 15.4. The first-order chi connectivity index (χ1) is 8.72. The van der Waals surface area contributed by atoms with E-state index in [-0.39, 0.29) is 0 Å². The van der Waals surface area contributed by atoms with Crippen molar-refractivity contribution < 1.29 is 9.47 Å². The van der Waals surface area contributed by atoms with Crippen molar-refractivity contribution in [2.75, 3.05) is 45.4 Å². The van der Waals surface area contributed by atoms with E-state index in [4.69, 9.17) is 15.2 Å². The van der Waals surface area contributed by atoms with Gasteiger partial charge in [-0.1, -0.05) is 22.0 Å². The molecule has 0 aromatic heterocycles. The van der Waals surface area contributed by atoms with E-state index in [0.717, 1.165) is 28.8 Å². The molecule has 18 heavy (non-hydrogen) atoms. The van der Waals surface area contributed by atoms with Gasteiger partial charge >= 0.3 is 0 Å². The fourth-order valence-electron chi connectivity index (χ4n) is 1.76. The van der Waals surface area contributed by atoms with Crippen LogP contribution in [0.15, 0.2) is 22.7 Å². The first-order valence-corrected chi connectivity index (χ1v) is 6.73. The molecule has 0 bridgehead atoms. The molecule has 0 unspecified atom stereocenters. The highest BCUT2D eigenvalue weighted by atomic mass is 79.9. The van der Waals surface area contributed by atoms with Gasteiger partial charge in [-0.3, -0.25) is 0 Å². The quantitative estimate of drug-likeness (QED) is 0.797. The molecule has 1 aromatic carbocycles. The summed E-state index contributed by atoms with van der Waals surface area (Å²) >= 11 is 3.50.